The van der Waals surface area contributed by atoms with Crippen molar-refractivity contribution < 1.29 is 27.1 Å². The van der Waals surface area contributed by atoms with Crippen molar-refractivity contribution in [3.63, 3.8) is 0 Å². The maximum Gasteiger partial charge on any atom is 0.416 e. The molecule has 2 fully saturated rings. The zero-order valence-corrected chi connectivity index (χ0v) is 15.5. The molecule has 0 saturated carbocycles. The summed E-state index contributed by atoms with van der Waals surface area (Å²) in [6.07, 6.45) is -0.544. The normalized spacial score (nSPS) is 20.2. The van der Waals surface area contributed by atoms with Crippen LogP contribution in [-0.2, 0) is 17.5 Å². The number of benzene rings is 1. The van der Waals surface area contributed by atoms with Gasteiger partial charge in [0.15, 0.2) is 0 Å². The maximum absolute atomic E-state index is 13.9. The van der Waals surface area contributed by atoms with Crippen molar-refractivity contribution in [1.29, 1.82) is 0 Å². The Bertz CT molecular complexity index is 866. The van der Waals surface area contributed by atoms with Crippen LogP contribution in [-0.4, -0.2) is 58.1 Å². The highest BCUT2D eigenvalue weighted by atomic mass is 19.4. The molecule has 2 aliphatic heterocycles. The Morgan fingerprint density at radius 1 is 1.24 bits per heavy atom. The number of aromatic amines is 1. The van der Waals surface area contributed by atoms with Gasteiger partial charge in [-0.3, -0.25) is 0 Å². The summed E-state index contributed by atoms with van der Waals surface area (Å²) in [4.78, 5) is 23.3. The second-order valence-electron chi connectivity index (χ2n) is 7.33. The van der Waals surface area contributed by atoms with Crippen LogP contribution in [0.2, 0.25) is 0 Å². The highest BCUT2D eigenvalue weighted by Crippen LogP contribution is 2.31. The molecule has 1 aromatic heterocycles. The standard InChI is InChI=1S/C19H20F4N4O2/c20-16-7-14(19(21,22)23)2-1-13(16)11-29-15-9-27(10-15)18(28)26-6-3-12(8-26)17-24-4-5-25-17/h1-2,4-5,7,12,15H,3,6,8-11H2,(H,24,25). The molecular weight excluding hydrogens is 392 g/mol. The van der Waals surface area contributed by atoms with Gasteiger partial charge in [-0.2, -0.15) is 13.2 Å². The van der Waals surface area contributed by atoms with Gasteiger partial charge in [-0.15, -0.1) is 0 Å². The number of nitrogens with zero attached hydrogens (tertiary/aromatic N) is 3. The molecule has 0 bridgehead atoms. The molecule has 2 saturated heterocycles. The van der Waals surface area contributed by atoms with Crippen molar-refractivity contribution in [3.05, 3.63) is 53.4 Å². The Hall–Kier alpha value is -2.62. The number of carbonyl (C=O) groups is 1. The predicted octanol–water partition coefficient (Wildman–Crippen LogP) is 3.38. The van der Waals surface area contributed by atoms with Gasteiger partial charge in [0.25, 0.3) is 0 Å². The Balaban J connectivity index is 1.23. The van der Waals surface area contributed by atoms with Crippen molar-refractivity contribution in [3.8, 4) is 0 Å². The zero-order valence-electron chi connectivity index (χ0n) is 15.5. The third kappa shape index (κ3) is 4.21. The number of likely N-dealkylation sites (tertiary alicyclic amines) is 2. The number of alkyl halides is 3. The third-order valence-corrected chi connectivity index (χ3v) is 5.34. The Labute approximate surface area is 164 Å². The molecule has 156 valence electrons. The summed E-state index contributed by atoms with van der Waals surface area (Å²) < 4.78 is 57.2. The third-order valence-electron chi connectivity index (χ3n) is 5.34. The first-order valence-electron chi connectivity index (χ1n) is 9.31. The summed E-state index contributed by atoms with van der Waals surface area (Å²) in [5.41, 5.74) is -0.971. The van der Waals surface area contributed by atoms with Crippen LogP contribution in [0, 0.1) is 5.82 Å². The minimum atomic E-state index is -4.58. The first kappa shape index (κ1) is 19.7. The summed E-state index contributed by atoms with van der Waals surface area (Å²) >= 11 is 0. The lowest BCUT2D eigenvalue weighted by molar-refractivity contribution is -0.137. The largest absolute Gasteiger partial charge is 0.416 e. The lowest BCUT2D eigenvalue weighted by Gasteiger charge is -2.40. The lowest BCUT2D eigenvalue weighted by atomic mass is 10.1. The first-order chi connectivity index (χ1) is 13.8. The molecule has 2 amide bonds. The minimum Gasteiger partial charge on any atom is -0.370 e. The molecule has 0 radical (unpaired) electrons. The summed E-state index contributed by atoms with van der Waals surface area (Å²) in [5, 5.41) is 0. The summed E-state index contributed by atoms with van der Waals surface area (Å²) in [6.45, 7) is 1.88. The number of halogens is 4. The molecule has 4 rings (SSSR count). The molecule has 0 aliphatic carbocycles. The van der Waals surface area contributed by atoms with Crippen LogP contribution in [0.5, 0.6) is 0 Å². The van der Waals surface area contributed by atoms with Gasteiger partial charge in [-0.05, 0) is 18.6 Å². The number of hydrogen-bond donors (Lipinski definition) is 1. The number of H-pyrrole nitrogens is 1. The van der Waals surface area contributed by atoms with Crippen LogP contribution >= 0.6 is 0 Å². The fraction of sp³-hybridized carbons (Fsp3) is 0.474. The number of imidazole rings is 1. The van der Waals surface area contributed by atoms with Gasteiger partial charge in [0.1, 0.15) is 11.6 Å². The number of nitrogens with one attached hydrogen (secondary N) is 1. The van der Waals surface area contributed by atoms with Crippen molar-refractivity contribution in [1.82, 2.24) is 19.8 Å². The lowest BCUT2D eigenvalue weighted by Crippen LogP contribution is -2.58. The Morgan fingerprint density at radius 2 is 2.03 bits per heavy atom. The van der Waals surface area contributed by atoms with E-state index < -0.39 is 17.6 Å². The number of hydrogen-bond acceptors (Lipinski definition) is 3. The van der Waals surface area contributed by atoms with E-state index in [-0.39, 0.29) is 30.2 Å². The molecule has 3 heterocycles. The van der Waals surface area contributed by atoms with Crippen molar-refractivity contribution in [2.24, 2.45) is 0 Å². The summed E-state index contributed by atoms with van der Waals surface area (Å²) in [5.74, 6) is 0.127. The van der Waals surface area contributed by atoms with E-state index in [1.165, 1.54) is 0 Å². The number of carbonyl (C=O) groups excluding carboxylic acids is 1. The van der Waals surface area contributed by atoms with E-state index in [4.69, 9.17) is 4.74 Å². The Kier molecular flexibility index (Phi) is 5.20. The van der Waals surface area contributed by atoms with Gasteiger partial charge in [-0.1, -0.05) is 6.07 Å². The predicted molar refractivity (Wildman–Crippen MR) is 94.5 cm³/mol. The summed E-state index contributed by atoms with van der Waals surface area (Å²) in [7, 11) is 0. The van der Waals surface area contributed by atoms with Gasteiger partial charge in [0.2, 0.25) is 0 Å². The van der Waals surface area contributed by atoms with Gasteiger partial charge in [0, 0.05) is 37.0 Å². The van der Waals surface area contributed by atoms with Crippen LogP contribution in [0.25, 0.3) is 0 Å². The molecule has 2 aliphatic rings. The van der Waals surface area contributed by atoms with Crippen molar-refractivity contribution >= 4 is 6.03 Å². The van der Waals surface area contributed by atoms with E-state index in [0.29, 0.717) is 32.2 Å². The highest BCUT2D eigenvalue weighted by molar-refractivity contribution is 5.75. The van der Waals surface area contributed by atoms with Gasteiger partial charge in [0.05, 0.1) is 31.4 Å². The molecule has 6 nitrogen and oxygen atoms in total. The van der Waals surface area contributed by atoms with Crippen molar-refractivity contribution in [2.75, 3.05) is 26.2 Å². The topological polar surface area (TPSA) is 61.5 Å². The van der Waals surface area contributed by atoms with Crippen LogP contribution in [0.3, 0.4) is 0 Å². The molecule has 1 N–H and O–H groups in total. The maximum atomic E-state index is 13.9. The van der Waals surface area contributed by atoms with E-state index in [1.54, 1.807) is 22.2 Å². The molecular formula is C19H20F4N4O2. The monoisotopic (exact) mass is 412 g/mol. The first-order valence-corrected chi connectivity index (χ1v) is 9.31. The molecule has 1 unspecified atom stereocenters. The molecule has 2 aromatic rings. The van der Waals surface area contributed by atoms with E-state index in [1.807, 2.05) is 0 Å². The fourth-order valence-electron chi connectivity index (χ4n) is 3.61. The molecule has 10 heteroatoms. The smallest absolute Gasteiger partial charge is 0.370 e. The van der Waals surface area contributed by atoms with Crippen LogP contribution in [0.1, 0.15) is 29.3 Å². The number of rotatable bonds is 4. The Morgan fingerprint density at radius 3 is 2.69 bits per heavy atom. The van der Waals surface area contributed by atoms with Crippen molar-refractivity contribution in [2.45, 2.75) is 31.2 Å². The molecule has 1 aromatic carbocycles. The quantitative estimate of drug-likeness (QED) is 0.784. The minimum absolute atomic E-state index is 0.0589. The fourth-order valence-corrected chi connectivity index (χ4v) is 3.61. The van der Waals surface area contributed by atoms with Gasteiger partial charge < -0.3 is 19.5 Å². The second kappa shape index (κ2) is 7.66. The number of urea groups is 1. The zero-order chi connectivity index (χ0) is 20.6. The van der Waals surface area contributed by atoms with Crippen LogP contribution in [0.15, 0.2) is 30.6 Å². The SMILES string of the molecule is O=C(N1CC(OCc2ccc(C(F)(F)F)cc2F)C1)N1CCC(c2ncc[nH]2)C1. The molecule has 1 atom stereocenters. The van der Waals surface area contributed by atoms with Crippen LogP contribution in [0.4, 0.5) is 22.4 Å². The van der Waals surface area contributed by atoms with E-state index in [2.05, 4.69) is 9.97 Å². The second-order valence-corrected chi connectivity index (χ2v) is 7.33. The van der Waals surface area contributed by atoms with Crippen LogP contribution < -0.4 is 0 Å². The average Bonchev–Trinajstić information content (AvgIpc) is 3.31. The molecule has 0 spiro atoms. The number of aromatic nitrogens is 2. The number of amides is 2. The van der Waals surface area contributed by atoms with E-state index in [0.717, 1.165) is 24.4 Å². The highest BCUT2D eigenvalue weighted by Gasteiger charge is 2.37. The summed E-state index contributed by atoms with van der Waals surface area (Å²) in [6, 6.07) is 2.32. The average molecular weight is 412 g/mol. The van der Waals surface area contributed by atoms with Gasteiger partial charge >= 0.3 is 12.2 Å². The number of ether oxygens (including phenoxy) is 1. The molecule has 29 heavy (non-hydrogen) atoms. The van der Waals surface area contributed by atoms with E-state index >= 15 is 0 Å². The van der Waals surface area contributed by atoms with Gasteiger partial charge in [-0.25, -0.2) is 14.2 Å². The van der Waals surface area contributed by atoms with E-state index in [9.17, 15) is 22.4 Å².